The molecular formula is C18H17N2. The molecule has 1 unspecified atom stereocenters. The number of fused-ring (bicyclic) bond motifs is 2. The lowest BCUT2D eigenvalue weighted by Crippen LogP contribution is -2.39. The summed E-state index contributed by atoms with van der Waals surface area (Å²) in [4.78, 5) is 2.28. The first kappa shape index (κ1) is 11.7. The molecule has 1 atom stereocenters. The van der Waals surface area contributed by atoms with Crippen LogP contribution < -0.4 is 5.32 Å². The van der Waals surface area contributed by atoms with Crippen LogP contribution in [0.2, 0.25) is 0 Å². The highest BCUT2D eigenvalue weighted by molar-refractivity contribution is 5.58. The molecule has 0 bridgehead atoms. The van der Waals surface area contributed by atoms with Crippen molar-refractivity contribution in [1.82, 2.24) is 10.2 Å². The molecule has 1 radical (unpaired) electrons. The Kier molecular flexibility index (Phi) is 2.82. The van der Waals surface area contributed by atoms with Crippen molar-refractivity contribution in [2.45, 2.75) is 12.6 Å². The first-order valence-corrected chi connectivity index (χ1v) is 7.12. The lowest BCUT2D eigenvalue weighted by Gasteiger charge is -2.37. The van der Waals surface area contributed by atoms with E-state index in [-0.39, 0.29) is 6.17 Å². The summed E-state index contributed by atoms with van der Waals surface area (Å²) in [6, 6.07) is 17.2. The maximum Gasteiger partial charge on any atom is 0.106 e. The molecule has 0 aliphatic carbocycles. The van der Waals surface area contributed by atoms with Crippen LogP contribution in [-0.4, -0.2) is 11.4 Å². The van der Waals surface area contributed by atoms with Crippen LogP contribution in [0.1, 0.15) is 28.4 Å². The first-order chi connectivity index (χ1) is 9.92. The molecule has 4 rings (SSSR count). The lowest BCUT2D eigenvalue weighted by molar-refractivity contribution is 0.277. The van der Waals surface area contributed by atoms with Crippen LogP contribution in [0.3, 0.4) is 0 Å². The van der Waals surface area contributed by atoms with Gasteiger partial charge in [0.25, 0.3) is 0 Å². The number of rotatable bonds is 1. The fraction of sp³-hybridized carbons (Fsp3) is 0.167. The van der Waals surface area contributed by atoms with Crippen LogP contribution in [0.5, 0.6) is 0 Å². The molecule has 0 amide bonds. The molecule has 2 aromatic rings. The van der Waals surface area contributed by atoms with Crippen molar-refractivity contribution < 1.29 is 0 Å². The van der Waals surface area contributed by atoms with Crippen molar-refractivity contribution in [1.29, 1.82) is 0 Å². The molecule has 0 aromatic heterocycles. The maximum absolute atomic E-state index is 3.62. The third kappa shape index (κ3) is 1.93. The molecule has 2 aliphatic heterocycles. The highest BCUT2D eigenvalue weighted by Gasteiger charge is 2.25. The molecule has 2 nitrogen and oxygen atoms in total. The first-order valence-electron chi connectivity index (χ1n) is 7.12. The van der Waals surface area contributed by atoms with Crippen molar-refractivity contribution in [3.63, 3.8) is 0 Å². The summed E-state index contributed by atoms with van der Waals surface area (Å²) in [5.41, 5.74) is 5.41. The molecule has 2 heterocycles. The smallest absolute Gasteiger partial charge is 0.106 e. The van der Waals surface area contributed by atoms with Gasteiger partial charge in [-0.15, -0.1) is 0 Å². The van der Waals surface area contributed by atoms with Crippen LogP contribution in [0, 0.1) is 6.54 Å². The largest absolute Gasteiger partial charge is 0.349 e. The molecule has 20 heavy (non-hydrogen) atoms. The van der Waals surface area contributed by atoms with Gasteiger partial charge in [0, 0.05) is 12.7 Å². The van der Waals surface area contributed by atoms with E-state index in [0.29, 0.717) is 0 Å². The Hall–Kier alpha value is -2.06. The fourth-order valence-corrected chi connectivity index (χ4v) is 3.06. The molecule has 2 heteroatoms. The summed E-state index contributed by atoms with van der Waals surface area (Å²) in [6.45, 7) is 3.26. The van der Waals surface area contributed by atoms with E-state index in [9.17, 15) is 0 Å². The van der Waals surface area contributed by atoms with Crippen molar-refractivity contribution in [2.24, 2.45) is 0 Å². The predicted octanol–water partition coefficient (Wildman–Crippen LogP) is 3.33. The van der Waals surface area contributed by atoms with E-state index in [4.69, 9.17) is 0 Å². The Morgan fingerprint density at radius 2 is 1.75 bits per heavy atom. The van der Waals surface area contributed by atoms with Gasteiger partial charge >= 0.3 is 0 Å². The van der Waals surface area contributed by atoms with Crippen LogP contribution >= 0.6 is 0 Å². The second kappa shape index (κ2) is 4.80. The number of nitrogens with zero attached hydrogens (tertiary/aromatic N) is 1. The van der Waals surface area contributed by atoms with E-state index < -0.39 is 0 Å². The monoisotopic (exact) mass is 261 g/mol. The van der Waals surface area contributed by atoms with Crippen molar-refractivity contribution in [3.8, 4) is 0 Å². The lowest BCUT2D eigenvalue weighted by atomic mass is 9.96. The Labute approximate surface area is 119 Å². The SMILES string of the molecule is [CH]1c2ccccc2C=CN1C1NCCc2ccccc21. The van der Waals surface area contributed by atoms with Gasteiger partial charge in [-0.3, -0.25) is 5.32 Å². The Bertz CT molecular complexity index is 660. The van der Waals surface area contributed by atoms with Crippen LogP contribution in [-0.2, 0) is 6.42 Å². The number of hydrogen-bond acceptors (Lipinski definition) is 2. The molecular weight excluding hydrogens is 244 g/mol. The van der Waals surface area contributed by atoms with Crippen LogP contribution in [0.25, 0.3) is 6.08 Å². The molecule has 99 valence electrons. The Morgan fingerprint density at radius 3 is 2.70 bits per heavy atom. The normalized spacial score (nSPS) is 20.4. The molecule has 2 aromatic carbocycles. The minimum Gasteiger partial charge on any atom is -0.349 e. The van der Waals surface area contributed by atoms with Gasteiger partial charge in [-0.2, -0.15) is 0 Å². The average molecular weight is 261 g/mol. The van der Waals surface area contributed by atoms with Gasteiger partial charge in [-0.1, -0.05) is 48.5 Å². The van der Waals surface area contributed by atoms with Crippen LogP contribution in [0.15, 0.2) is 54.7 Å². The number of nitrogens with one attached hydrogen (secondary N) is 1. The van der Waals surface area contributed by atoms with E-state index in [1.54, 1.807) is 0 Å². The van der Waals surface area contributed by atoms with Crippen molar-refractivity contribution >= 4 is 6.08 Å². The van der Waals surface area contributed by atoms with Gasteiger partial charge < -0.3 is 4.90 Å². The highest BCUT2D eigenvalue weighted by atomic mass is 15.3. The highest BCUT2D eigenvalue weighted by Crippen LogP contribution is 2.31. The summed E-state index contributed by atoms with van der Waals surface area (Å²) in [5, 5.41) is 3.62. The molecule has 0 fully saturated rings. The molecule has 1 N–H and O–H groups in total. The third-order valence-electron chi connectivity index (χ3n) is 4.09. The summed E-state index contributed by atoms with van der Waals surface area (Å²) in [5.74, 6) is 0. The summed E-state index contributed by atoms with van der Waals surface area (Å²) in [6.07, 6.45) is 5.71. The minimum absolute atomic E-state index is 0.240. The second-order valence-corrected chi connectivity index (χ2v) is 5.33. The van der Waals surface area contributed by atoms with E-state index in [2.05, 4.69) is 77.6 Å². The Morgan fingerprint density at radius 1 is 0.950 bits per heavy atom. The molecule has 0 saturated heterocycles. The quantitative estimate of drug-likeness (QED) is 0.847. The number of hydrogen-bond donors (Lipinski definition) is 1. The van der Waals surface area contributed by atoms with Gasteiger partial charge in [0.1, 0.15) is 6.17 Å². The van der Waals surface area contributed by atoms with Gasteiger partial charge in [0.05, 0.1) is 6.54 Å². The molecule has 2 aliphatic rings. The van der Waals surface area contributed by atoms with Gasteiger partial charge in [-0.25, -0.2) is 0 Å². The average Bonchev–Trinajstić information content (AvgIpc) is 2.54. The number of benzene rings is 2. The van der Waals surface area contributed by atoms with Gasteiger partial charge in [-0.05, 0) is 34.8 Å². The van der Waals surface area contributed by atoms with Gasteiger partial charge in [0.15, 0.2) is 0 Å². The zero-order chi connectivity index (χ0) is 13.4. The van der Waals surface area contributed by atoms with E-state index >= 15 is 0 Å². The zero-order valence-electron chi connectivity index (χ0n) is 11.3. The maximum atomic E-state index is 3.62. The van der Waals surface area contributed by atoms with Gasteiger partial charge in [0.2, 0.25) is 0 Å². The van der Waals surface area contributed by atoms with E-state index in [1.807, 2.05) is 0 Å². The standard InChI is InChI=1S/C18H17N2/c1-2-7-16-13-20(12-10-14(16)5-1)18-17-8-4-3-6-15(17)9-11-19-18/h1-8,10,12-13,18-19H,9,11H2. The predicted molar refractivity (Wildman–Crippen MR) is 81.6 cm³/mol. The summed E-state index contributed by atoms with van der Waals surface area (Å²) in [7, 11) is 0. The minimum atomic E-state index is 0.240. The van der Waals surface area contributed by atoms with Crippen molar-refractivity contribution in [3.05, 3.63) is 83.5 Å². The van der Waals surface area contributed by atoms with Crippen LogP contribution in [0.4, 0.5) is 0 Å². The zero-order valence-corrected chi connectivity index (χ0v) is 11.3. The van der Waals surface area contributed by atoms with E-state index in [0.717, 1.165) is 13.0 Å². The van der Waals surface area contributed by atoms with Crippen molar-refractivity contribution in [2.75, 3.05) is 6.54 Å². The molecule has 0 spiro atoms. The summed E-state index contributed by atoms with van der Waals surface area (Å²) >= 11 is 0. The topological polar surface area (TPSA) is 15.3 Å². The Balaban J connectivity index is 1.68. The molecule has 0 saturated carbocycles. The second-order valence-electron chi connectivity index (χ2n) is 5.33. The summed E-state index contributed by atoms with van der Waals surface area (Å²) < 4.78 is 0. The van der Waals surface area contributed by atoms with E-state index in [1.165, 1.54) is 22.3 Å². The fourth-order valence-electron chi connectivity index (χ4n) is 3.06. The third-order valence-corrected chi connectivity index (χ3v) is 4.09.